The first-order valence-corrected chi connectivity index (χ1v) is 12.8. The minimum Gasteiger partial charge on any atom is -0.351 e. The molecular formula is C27H33FN6O3. The number of nitrogens with one attached hydrogen (secondary N) is 3. The second-order valence-corrected chi connectivity index (χ2v) is 11.5. The van der Waals surface area contributed by atoms with Crippen molar-refractivity contribution in [3.63, 3.8) is 0 Å². The Morgan fingerprint density at radius 2 is 1.65 bits per heavy atom. The summed E-state index contributed by atoms with van der Waals surface area (Å²) in [5, 5.41) is 17.6. The highest BCUT2D eigenvalue weighted by atomic mass is 19.1. The average Bonchev–Trinajstić information content (AvgIpc) is 3.55. The highest BCUT2D eigenvalue weighted by Gasteiger charge is 2.50. The summed E-state index contributed by atoms with van der Waals surface area (Å²) < 4.78 is 18.4. The third-order valence-corrected chi connectivity index (χ3v) is 7.78. The van der Waals surface area contributed by atoms with E-state index >= 15 is 0 Å². The predicted molar refractivity (Wildman–Crippen MR) is 134 cm³/mol. The molecule has 2 amide bonds. The molecule has 10 heteroatoms. The van der Waals surface area contributed by atoms with Crippen LogP contribution in [0.3, 0.4) is 0 Å². The number of fused-ring (bicyclic) bond motifs is 3. The van der Waals surface area contributed by atoms with Gasteiger partial charge in [0, 0.05) is 40.6 Å². The maximum absolute atomic E-state index is 13.1. The number of aromatic nitrogens is 4. The molecule has 3 saturated carbocycles. The van der Waals surface area contributed by atoms with Crippen LogP contribution in [0.4, 0.5) is 4.39 Å². The fourth-order valence-electron chi connectivity index (χ4n) is 5.34. The second kappa shape index (κ2) is 9.39. The lowest BCUT2D eigenvalue weighted by atomic mass is 9.61. The Balaban J connectivity index is 1.12. The molecule has 0 atom stereocenters. The summed E-state index contributed by atoms with van der Waals surface area (Å²) in [4.78, 5) is 30.0. The number of carbonyl (C=O) groups is 2. The van der Waals surface area contributed by atoms with Gasteiger partial charge in [-0.25, -0.2) is 4.39 Å². The minimum absolute atomic E-state index is 0.0498. The highest BCUT2D eigenvalue weighted by Crippen LogP contribution is 2.47. The molecule has 196 valence electrons. The summed E-state index contributed by atoms with van der Waals surface area (Å²) in [5.41, 5.74) is 1.41. The van der Waals surface area contributed by atoms with Crippen molar-refractivity contribution in [2.75, 3.05) is 0 Å². The Morgan fingerprint density at radius 1 is 1.03 bits per heavy atom. The van der Waals surface area contributed by atoms with Gasteiger partial charge in [0.1, 0.15) is 11.5 Å². The molecule has 2 bridgehead atoms. The first-order valence-electron chi connectivity index (χ1n) is 12.8. The zero-order valence-electron chi connectivity index (χ0n) is 21.5. The summed E-state index contributed by atoms with van der Waals surface area (Å²) >= 11 is 0. The largest absolute Gasteiger partial charge is 0.351 e. The maximum atomic E-state index is 13.1. The standard InChI is InChI=1S/C27H33FN6O3/c1-25(2,3)20-16-19(32-33-20)24(36)31-27-13-10-26(11-14-27,12-15-27)30-21(35)8-9-22-29-23(34-37-22)17-4-6-18(28)7-5-17/h4-7,16H,8-15H2,1-3H3,(H,30,35)(H,31,36)(H,32,33). The number of aromatic amines is 1. The number of nitrogens with zero attached hydrogens (tertiary/aromatic N) is 3. The normalized spacial score (nSPS) is 23.1. The zero-order valence-corrected chi connectivity index (χ0v) is 21.5. The van der Waals surface area contributed by atoms with Crippen molar-refractivity contribution in [3.05, 3.63) is 53.4 Å². The first-order chi connectivity index (χ1) is 17.5. The molecular weight excluding hydrogens is 475 g/mol. The molecule has 0 saturated heterocycles. The smallest absolute Gasteiger partial charge is 0.272 e. The van der Waals surface area contributed by atoms with Crippen molar-refractivity contribution in [2.45, 2.75) is 88.6 Å². The monoisotopic (exact) mass is 508 g/mol. The van der Waals surface area contributed by atoms with Crippen molar-refractivity contribution in [2.24, 2.45) is 0 Å². The number of aryl methyl sites for hydroxylation is 1. The van der Waals surface area contributed by atoms with Crippen LogP contribution in [0.15, 0.2) is 34.9 Å². The van der Waals surface area contributed by atoms with E-state index in [1.165, 1.54) is 12.1 Å². The molecule has 3 aromatic rings. The molecule has 2 heterocycles. The summed E-state index contributed by atoms with van der Waals surface area (Å²) in [6.07, 6.45) is 5.49. The van der Waals surface area contributed by atoms with Gasteiger partial charge in [-0.2, -0.15) is 10.1 Å². The van der Waals surface area contributed by atoms with Gasteiger partial charge in [0.2, 0.25) is 17.6 Å². The zero-order chi connectivity index (χ0) is 26.3. The number of hydrogen-bond acceptors (Lipinski definition) is 6. The fourth-order valence-corrected chi connectivity index (χ4v) is 5.34. The number of hydrogen-bond donors (Lipinski definition) is 3. The molecule has 3 aliphatic carbocycles. The number of rotatable bonds is 7. The van der Waals surface area contributed by atoms with Crippen molar-refractivity contribution in [1.29, 1.82) is 0 Å². The number of carbonyl (C=O) groups excluding carboxylic acids is 2. The van der Waals surface area contributed by atoms with Crippen LogP contribution in [0.5, 0.6) is 0 Å². The van der Waals surface area contributed by atoms with Gasteiger partial charge in [-0.3, -0.25) is 14.7 Å². The van der Waals surface area contributed by atoms with E-state index in [0.29, 0.717) is 29.4 Å². The molecule has 1 aromatic carbocycles. The molecule has 6 rings (SSSR count). The van der Waals surface area contributed by atoms with Crippen LogP contribution < -0.4 is 10.6 Å². The molecule has 2 aromatic heterocycles. The Hall–Kier alpha value is -3.56. The lowest BCUT2D eigenvalue weighted by molar-refractivity contribution is -0.124. The topological polar surface area (TPSA) is 126 Å². The first kappa shape index (κ1) is 25.1. The van der Waals surface area contributed by atoms with E-state index in [9.17, 15) is 14.0 Å². The third kappa shape index (κ3) is 5.42. The molecule has 0 unspecified atom stereocenters. The van der Waals surface area contributed by atoms with Crippen LogP contribution in [-0.4, -0.2) is 43.2 Å². The van der Waals surface area contributed by atoms with E-state index in [1.54, 1.807) is 12.1 Å². The van der Waals surface area contributed by atoms with Gasteiger partial charge in [-0.15, -0.1) is 0 Å². The van der Waals surface area contributed by atoms with Crippen LogP contribution in [0, 0.1) is 5.82 Å². The van der Waals surface area contributed by atoms with Gasteiger partial charge in [-0.1, -0.05) is 25.9 Å². The summed E-state index contributed by atoms with van der Waals surface area (Å²) in [5.74, 6) is 0.210. The quantitative estimate of drug-likeness (QED) is 0.439. The molecule has 3 aliphatic rings. The van der Waals surface area contributed by atoms with Crippen LogP contribution in [0.1, 0.15) is 87.8 Å². The fraction of sp³-hybridized carbons (Fsp3) is 0.519. The second-order valence-electron chi connectivity index (χ2n) is 11.5. The molecule has 0 aliphatic heterocycles. The maximum Gasteiger partial charge on any atom is 0.272 e. The van der Waals surface area contributed by atoms with E-state index in [1.807, 2.05) is 6.07 Å². The molecule has 9 nitrogen and oxygen atoms in total. The van der Waals surface area contributed by atoms with E-state index in [-0.39, 0.29) is 40.5 Å². The van der Waals surface area contributed by atoms with Crippen molar-refractivity contribution in [3.8, 4) is 11.4 Å². The van der Waals surface area contributed by atoms with Crippen LogP contribution in [0.2, 0.25) is 0 Å². The number of halogens is 1. The Bertz CT molecular complexity index is 1270. The lowest BCUT2D eigenvalue weighted by Gasteiger charge is -2.53. The molecule has 3 N–H and O–H groups in total. The van der Waals surface area contributed by atoms with Crippen molar-refractivity contribution < 1.29 is 18.5 Å². The third-order valence-electron chi connectivity index (χ3n) is 7.78. The highest BCUT2D eigenvalue weighted by molar-refractivity contribution is 5.93. The molecule has 0 spiro atoms. The molecule has 37 heavy (non-hydrogen) atoms. The van der Waals surface area contributed by atoms with E-state index in [4.69, 9.17) is 4.52 Å². The lowest BCUT2D eigenvalue weighted by Crippen LogP contribution is -2.63. The van der Waals surface area contributed by atoms with E-state index in [0.717, 1.165) is 44.2 Å². The summed E-state index contributed by atoms with van der Waals surface area (Å²) in [7, 11) is 0. The summed E-state index contributed by atoms with van der Waals surface area (Å²) in [6.45, 7) is 6.22. The average molecular weight is 509 g/mol. The SMILES string of the molecule is CC(C)(C)c1cc(C(=O)NC23CCC(NC(=O)CCc4nc(-c5ccc(F)cc5)no4)(CC2)CC3)n[nH]1. The van der Waals surface area contributed by atoms with Gasteiger partial charge >= 0.3 is 0 Å². The molecule has 0 radical (unpaired) electrons. The van der Waals surface area contributed by atoms with Crippen LogP contribution in [0.25, 0.3) is 11.4 Å². The predicted octanol–water partition coefficient (Wildman–Crippen LogP) is 4.22. The number of benzene rings is 1. The summed E-state index contributed by atoms with van der Waals surface area (Å²) in [6, 6.07) is 7.68. The Morgan fingerprint density at radius 3 is 2.24 bits per heavy atom. The van der Waals surface area contributed by atoms with E-state index in [2.05, 4.69) is 51.7 Å². The number of amides is 2. The number of H-pyrrole nitrogens is 1. The van der Waals surface area contributed by atoms with E-state index < -0.39 is 0 Å². The molecule has 3 fully saturated rings. The van der Waals surface area contributed by atoms with Crippen molar-refractivity contribution >= 4 is 11.8 Å². The van der Waals surface area contributed by atoms with Gasteiger partial charge in [-0.05, 0) is 68.9 Å². The van der Waals surface area contributed by atoms with Gasteiger partial charge in [0.25, 0.3) is 5.91 Å². The Kier molecular flexibility index (Phi) is 6.37. The minimum atomic E-state index is -0.332. The van der Waals surface area contributed by atoms with Gasteiger partial charge in [0.05, 0.1) is 0 Å². The van der Waals surface area contributed by atoms with Crippen LogP contribution in [-0.2, 0) is 16.6 Å². The Labute approximate surface area is 215 Å². The van der Waals surface area contributed by atoms with Crippen LogP contribution >= 0.6 is 0 Å². The van der Waals surface area contributed by atoms with Crippen molar-refractivity contribution in [1.82, 2.24) is 31.0 Å². The van der Waals surface area contributed by atoms with Gasteiger partial charge < -0.3 is 15.2 Å². The van der Waals surface area contributed by atoms with Gasteiger partial charge in [0.15, 0.2) is 0 Å².